The summed E-state index contributed by atoms with van der Waals surface area (Å²) in [5.41, 5.74) is 2.66. The second-order valence-corrected chi connectivity index (χ2v) is 6.50. The quantitative estimate of drug-likeness (QED) is 0.858. The number of benzene rings is 2. The van der Waals surface area contributed by atoms with E-state index in [-0.39, 0.29) is 5.91 Å². The van der Waals surface area contributed by atoms with E-state index in [4.69, 9.17) is 4.74 Å². The second kappa shape index (κ2) is 8.06. The standard InChI is InChI=1S/C21H26N2O2/c1-3-25-20-13-7-17(8-14-20)21(24)22-18-9-11-19(12-10-18)23-15-5-4-6-16(23)2/h7-14,16H,3-6,15H2,1-2H3,(H,22,24)/t16-/m0/s1. The third-order valence-corrected chi connectivity index (χ3v) is 4.69. The maximum atomic E-state index is 12.4. The van der Waals surface area contributed by atoms with E-state index in [1.165, 1.54) is 24.9 Å². The summed E-state index contributed by atoms with van der Waals surface area (Å²) in [6.07, 6.45) is 3.81. The van der Waals surface area contributed by atoms with Gasteiger partial charge in [-0.25, -0.2) is 0 Å². The smallest absolute Gasteiger partial charge is 0.255 e. The maximum absolute atomic E-state index is 12.4. The molecule has 4 nitrogen and oxygen atoms in total. The predicted octanol–water partition coefficient (Wildman–Crippen LogP) is 4.72. The molecule has 0 bridgehead atoms. The van der Waals surface area contributed by atoms with Gasteiger partial charge in [0.2, 0.25) is 0 Å². The van der Waals surface area contributed by atoms with E-state index < -0.39 is 0 Å². The molecule has 0 aliphatic carbocycles. The highest BCUT2D eigenvalue weighted by atomic mass is 16.5. The number of anilines is 2. The minimum Gasteiger partial charge on any atom is -0.494 e. The fourth-order valence-corrected chi connectivity index (χ4v) is 3.29. The average Bonchev–Trinajstić information content (AvgIpc) is 2.64. The first kappa shape index (κ1) is 17.3. The van der Waals surface area contributed by atoms with Gasteiger partial charge in [-0.15, -0.1) is 0 Å². The Kier molecular flexibility index (Phi) is 5.59. The van der Waals surface area contributed by atoms with Crippen LogP contribution in [0.25, 0.3) is 0 Å². The molecule has 1 aliphatic heterocycles. The summed E-state index contributed by atoms with van der Waals surface area (Å²) >= 11 is 0. The van der Waals surface area contributed by atoms with E-state index >= 15 is 0 Å². The molecule has 1 N–H and O–H groups in total. The SMILES string of the molecule is CCOc1ccc(C(=O)Nc2ccc(N3CCCC[C@@H]3C)cc2)cc1. The summed E-state index contributed by atoms with van der Waals surface area (Å²) in [6.45, 7) is 5.95. The first-order valence-corrected chi connectivity index (χ1v) is 9.08. The van der Waals surface area contributed by atoms with Crippen molar-refractivity contribution in [2.45, 2.75) is 39.2 Å². The zero-order chi connectivity index (χ0) is 17.6. The fraction of sp³-hybridized carbons (Fsp3) is 0.381. The zero-order valence-electron chi connectivity index (χ0n) is 15.0. The van der Waals surface area contributed by atoms with Crippen LogP contribution >= 0.6 is 0 Å². The first-order chi connectivity index (χ1) is 12.2. The molecule has 2 aromatic carbocycles. The average molecular weight is 338 g/mol. The van der Waals surface area contributed by atoms with E-state index in [1.54, 1.807) is 12.1 Å². The van der Waals surface area contributed by atoms with Gasteiger partial charge in [0.1, 0.15) is 5.75 Å². The number of carbonyl (C=O) groups excluding carboxylic acids is 1. The summed E-state index contributed by atoms with van der Waals surface area (Å²) in [6, 6.07) is 15.9. The van der Waals surface area contributed by atoms with E-state index in [0.717, 1.165) is 18.0 Å². The van der Waals surface area contributed by atoms with Gasteiger partial charge >= 0.3 is 0 Å². The van der Waals surface area contributed by atoms with Crippen LogP contribution < -0.4 is 15.0 Å². The Labute approximate surface area is 149 Å². The lowest BCUT2D eigenvalue weighted by molar-refractivity contribution is 0.102. The van der Waals surface area contributed by atoms with Gasteiger partial charge < -0.3 is 15.0 Å². The Morgan fingerprint density at radius 1 is 1.12 bits per heavy atom. The van der Waals surface area contributed by atoms with Gasteiger partial charge in [-0.2, -0.15) is 0 Å². The molecule has 132 valence electrons. The van der Waals surface area contributed by atoms with Crippen LogP contribution in [0.2, 0.25) is 0 Å². The highest BCUT2D eigenvalue weighted by Crippen LogP contribution is 2.26. The number of nitrogens with one attached hydrogen (secondary N) is 1. The van der Waals surface area contributed by atoms with Gasteiger partial charge in [0.05, 0.1) is 6.61 Å². The molecule has 1 aliphatic rings. The Balaban J connectivity index is 1.63. The molecule has 0 unspecified atom stereocenters. The lowest BCUT2D eigenvalue weighted by atomic mass is 10.0. The second-order valence-electron chi connectivity index (χ2n) is 6.50. The van der Waals surface area contributed by atoms with E-state index in [2.05, 4.69) is 29.3 Å². The zero-order valence-corrected chi connectivity index (χ0v) is 15.0. The van der Waals surface area contributed by atoms with Crippen molar-refractivity contribution in [3.05, 3.63) is 54.1 Å². The summed E-state index contributed by atoms with van der Waals surface area (Å²) in [5, 5.41) is 2.95. The van der Waals surface area contributed by atoms with Crippen molar-refractivity contribution in [3.63, 3.8) is 0 Å². The van der Waals surface area contributed by atoms with Gasteiger partial charge in [-0.1, -0.05) is 0 Å². The lowest BCUT2D eigenvalue weighted by Gasteiger charge is -2.35. The predicted molar refractivity (Wildman–Crippen MR) is 103 cm³/mol. The Hall–Kier alpha value is -2.49. The minimum absolute atomic E-state index is 0.109. The van der Waals surface area contributed by atoms with Gasteiger partial charge in [0, 0.05) is 29.5 Å². The highest BCUT2D eigenvalue weighted by Gasteiger charge is 2.18. The van der Waals surface area contributed by atoms with Crippen LogP contribution in [-0.4, -0.2) is 25.1 Å². The van der Waals surface area contributed by atoms with Crippen LogP contribution in [0.15, 0.2) is 48.5 Å². The van der Waals surface area contributed by atoms with Crippen molar-refractivity contribution in [1.82, 2.24) is 0 Å². The number of hydrogen-bond donors (Lipinski definition) is 1. The Morgan fingerprint density at radius 3 is 2.48 bits per heavy atom. The van der Waals surface area contributed by atoms with Crippen molar-refractivity contribution >= 4 is 17.3 Å². The molecule has 1 atom stereocenters. The summed E-state index contributed by atoms with van der Waals surface area (Å²) in [5.74, 6) is 0.668. The molecule has 25 heavy (non-hydrogen) atoms. The molecule has 1 fully saturated rings. The van der Waals surface area contributed by atoms with Crippen molar-refractivity contribution in [1.29, 1.82) is 0 Å². The molecular weight excluding hydrogens is 312 g/mol. The van der Waals surface area contributed by atoms with E-state index in [0.29, 0.717) is 18.2 Å². The van der Waals surface area contributed by atoms with Crippen LogP contribution in [-0.2, 0) is 0 Å². The molecule has 1 heterocycles. The summed E-state index contributed by atoms with van der Waals surface area (Å²) in [4.78, 5) is 14.8. The molecule has 4 heteroatoms. The normalized spacial score (nSPS) is 17.2. The minimum atomic E-state index is -0.109. The van der Waals surface area contributed by atoms with E-state index in [1.807, 2.05) is 31.2 Å². The third kappa shape index (κ3) is 4.32. The van der Waals surface area contributed by atoms with Gasteiger partial charge in [0.15, 0.2) is 0 Å². The first-order valence-electron chi connectivity index (χ1n) is 9.08. The molecular formula is C21H26N2O2. The van der Waals surface area contributed by atoms with Crippen LogP contribution in [0.1, 0.15) is 43.5 Å². The van der Waals surface area contributed by atoms with Gasteiger partial charge in [-0.05, 0) is 81.6 Å². The molecule has 0 saturated carbocycles. The Bertz CT molecular complexity index is 695. The van der Waals surface area contributed by atoms with Crippen molar-refractivity contribution < 1.29 is 9.53 Å². The van der Waals surface area contributed by atoms with Crippen molar-refractivity contribution in [3.8, 4) is 5.75 Å². The van der Waals surface area contributed by atoms with Crippen molar-refractivity contribution in [2.24, 2.45) is 0 Å². The number of nitrogens with zero attached hydrogens (tertiary/aromatic N) is 1. The molecule has 1 saturated heterocycles. The van der Waals surface area contributed by atoms with Crippen molar-refractivity contribution in [2.75, 3.05) is 23.4 Å². The monoisotopic (exact) mass is 338 g/mol. The fourth-order valence-electron chi connectivity index (χ4n) is 3.29. The Morgan fingerprint density at radius 2 is 1.84 bits per heavy atom. The number of piperidine rings is 1. The highest BCUT2D eigenvalue weighted by molar-refractivity contribution is 6.04. The third-order valence-electron chi connectivity index (χ3n) is 4.69. The molecule has 2 aromatic rings. The van der Waals surface area contributed by atoms with Crippen LogP contribution in [0, 0.1) is 0 Å². The number of ether oxygens (including phenoxy) is 1. The van der Waals surface area contributed by atoms with Crippen LogP contribution in [0.5, 0.6) is 5.75 Å². The summed E-state index contributed by atoms with van der Waals surface area (Å²) in [7, 11) is 0. The lowest BCUT2D eigenvalue weighted by Crippen LogP contribution is -2.37. The van der Waals surface area contributed by atoms with Gasteiger partial charge in [-0.3, -0.25) is 4.79 Å². The van der Waals surface area contributed by atoms with Gasteiger partial charge in [0.25, 0.3) is 5.91 Å². The maximum Gasteiger partial charge on any atom is 0.255 e. The molecule has 0 radical (unpaired) electrons. The molecule has 3 rings (SSSR count). The van der Waals surface area contributed by atoms with Crippen LogP contribution in [0.4, 0.5) is 11.4 Å². The van der Waals surface area contributed by atoms with Crippen LogP contribution in [0.3, 0.4) is 0 Å². The van der Waals surface area contributed by atoms with E-state index in [9.17, 15) is 4.79 Å². The number of carbonyl (C=O) groups is 1. The molecule has 0 spiro atoms. The number of amides is 1. The topological polar surface area (TPSA) is 41.6 Å². The molecule has 0 aromatic heterocycles. The molecule has 1 amide bonds. The number of hydrogen-bond acceptors (Lipinski definition) is 3. The summed E-state index contributed by atoms with van der Waals surface area (Å²) < 4.78 is 5.40. The largest absolute Gasteiger partial charge is 0.494 e. The number of rotatable bonds is 5.